The van der Waals surface area contributed by atoms with Crippen LogP contribution in [-0.2, 0) is 4.79 Å². The van der Waals surface area contributed by atoms with Crippen molar-refractivity contribution in [3.63, 3.8) is 0 Å². The quantitative estimate of drug-likeness (QED) is 0.845. The van der Waals surface area contributed by atoms with Gasteiger partial charge in [-0.25, -0.2) is 4.79 Å². The number of methoxy groups -OCH3 is 1. The first kappa shape index (κ1) is 17.6. The number of urea groups is 1. The van der Waals surface area contributed by atoms with E-state index in [9.17, 15) is 9.59 Å². The fraction of sp³-hybridized carbons (Fsp3) is 0.579. The molecular formula is C19H27N3O3. The van der Waals surface area contributed by atoms with Crippen molar-refractivity contribution >= 4 is 11.9 Å². The molecule has 25 heavy (non-hydrogen) atoms. The van der Waals surface area contributed by atoms with Crippen molar-refractivity contribution in [2.45, 2.75) is 25.3 Å². The molecule has 2 saturated heterocycles. The Bertz CT molecular complexity index is 639. The standard InChI is InChI=1S/C19H27N3O3/c1-20(2)19(24)21-10-7-14(8-11-21)18(23)22-12-9-17(22)15-5-4-6-16(13-15)25-3/h4-6,13-14,17H,7-12H2,1-3H3/t17-/m0/s1. The van der Waals surface area contributed by atoms with Gasteiger partial charge >= 0.3 is 6.03 Å². The summed E-state index contributed by atoms with van der Waals surface area (Å²) < 4.78 is 5.29. The van der Waals surface area contributed by atoms with E-state index in [4.69, 9.17) is 4.74 Å². The first-order chi connectivity index (χ1) is 12.0. The van der Waals surface area contributed by atoms with E-state index in [0.29, 0.717) is 13.1 Å². The molecule has 2 fully saturated rings. The Kier molecular flexibility index (Phi) is 5.16. The predicted octanol–water partition coefficient (Wildman–Crippen LogP) is 2.36. The van der Waals surface area contributed by atoms with Crippen LogP contribution in [0.1, 0.15) is 30.9 Å². The molecule has 1 aromatic carbocycles. The Balaban J connectivity index is 1.59. The van der Waals surface area contributed by atoms with Gasteiger partial charge in [0.1, 0.15) is 5.75 Å². The van der Waals surface area contributed by atoms with E-state index in [-0.39, 0.29) is 23.9 Å². The summed E-state index contributed by atoms with van der Waals surface area (Å²) in [4.78, 5) is 30.3. The molecule has 1 aromatic rings. The summed E-state index contributed by atoms with van der Waals surface area (Å²) in [6.07, 6.45) is 2.50. The monoisotopic (exact) mass is 345 g/mol. The van der Waals surface area contributed by atoms with Crippen molar-refractivity contribution in [2.24, 2.45) is 5.92 Å². The van der Waals surface area contributed by atoms with E-state index < -0.39 is 0 Å². The van der Waals surface area contributed by atoms with Gasteiger partial charge in [0, 0.05) is 39.6 Å². The van der Waals surface area contributed by atoms with E-state index in [1.807, 2.05) is 28.0 Å². The average molecular weight is 345 g/mol. The Hall–Kier alpha value is -2.24. The normalized spacial score (nSPS) is 20.8. The largest absolute Gasteiger partial charge is 0.497 e. The molecule has 6 heteroatoms. The van der Waals surface area contributed by atoms with Gasteiger partial charge in [-0.15, -0.1) is 0 Å². The summed E-state index contributed by atoms with van der Waals surface area (Å²) in [5.74, 6) is 1.09. The first-order valence-electron chi connectivity index (χ1n) is 8.92. The fourth-order valence-electron chi connectivity index (χ4n) is 3.68. The van der Waals surface area contributed by atoms with Crippen LogP contribution in [0.3, 0.4) is 0 Å². The molecule has 0 bridgehead atoms. The number of ether oxygens (including phenoxy) is 1. The lowest BCUT2D eigenvalue weighted by atomic mass is 9.89. The van der Waals surface area contributed by atoms with Crippen molar-refractivity contribution in [1.29, 1.82) is 0 Å². The molecule has 0 N–H and O–H groups in total. The lowest BCUT2D eigenvalue weighted by Crippen LogP contribution is -2.51. The van der Waals surface area contributed by atoms with Crippen LogP contribution in [0.4, 0.5) is 4.79 Å². The second-order valence-electron chi connectivity index (χ2n) is 7.05. The predicted molar refractivity (Wildman–Crippen MR) is 95.4 cm³/mol. The lowest BCUT2D eigenvalue weighted by Gasteiger charge is -2.44. The number of carbonyl (C=O) groups is 2. The van der Waals surface area contributed by atoms with Gasteiger partial charge in [-0.05, 0) is 37.0 Å². The minimum absolute atomic E-state index is 0.0274. The second-order valence-corrected chi connectivity index (χ2v) is 7.05. The molecule has 3 rings (SSSR count). The second kappa shape index (κ2) is 7.33. The van der Waals surface area contributed by atoms with Crippen molar-refractivity contribution in [1.82, 2.24) is 14.7 Å². The van der Waals surface area contributed by atoms with E-state index in [0.717, 1.165) is 37.1 Å². The maximum atomic E-state index is 12.9. The summed E-state index contributed by atoms with van der Waals surface area (Å²) in [6, 6.07) is 8.16. The van der Waals surface area contributed by atoms with Crippen LogP contribution >= 0.6 is 0 Å². The maximum Gasteiger partial charge on any atom is 0.319 e. The number of rotatable bonds is 3. The van der Waals surface area contributed by atoms with Gasteiger partial charge in [-0.1, -0.05) is 12.1 Å². The van der Waals surface area contributed by atoms with Crippen LogP contribution in [0, 0.1) is 5.92 Å². The van der Waals surface area contributed by atoms with Crippen LogP contribution in [-0.4, -0.2) is 67.5 Å². The Morgan fingerprint density at radius 1 is 1.12 bits per heavy atom. The number of hydrogen-bond donors (Lipinski definition) is 0. The van der Waals surface area contributed by atoms with Crippen molar-refractivity contribution in [3.8, 4) is 5.75 Å². The third-order valence-corrected chi connectivity index (χ3v) is 5.28. The highest BCUT2D eigenvalue weighted by molar-refractivity contribution is 5.81. The number of nitrogens with zero attached hydrogens (tertiary/aromatic N) is 3. The van der Waals surface area contributed by atoms with Crippen molar-refractivity contribution < 1.29 is 14.3 Å². The number of piperidine rings is 1. The topological polar surface area (TPSA) is 53.1 Å². The summed E-state index contributed by atoms with van der Waals surface area (Å²) in [6.45, 7) is 2.13. The first-order valence-corrected chi connectivity index (χ1v) is 8.92. The average Bonchev–Trinajstić information content (AvgIpc) is 2.60. The zero-order valence-corrected chi connectivity index (χ0v) is 15.3. The molecular weight excluding hydrogens is 318 g/mol. The van der Waals surface area contributed by atoms with Crippen LogP contribution in [0.25, 0.3) is 0 Å². The molecule has 2 aliphatic rings. The Morgan fingerprint density at radius 2 is 1.84 bits per heavy atom. The minimum Gasteiger partial charge on any atom is -0.497 e. The van der Waals surface area contributed by atoms with Gasteiger partial charge in [-0.2, -0.15) is 0 Å². The van der Waals surface area contributed by atoms with Gasteiger partial charge in [0.15, 0.2) is 0 Å². The molecule has 0 saturated carbocycles. The smallest absolute Gasteiger partial charge is 0.319 e. The number of carbonyl (C=O) groups excluding carboxylic acids is 2. The molecule has 0 aliphatic carbocycles. The van der Waals surface area contributed by atoms with Crippen LogP contribution in [0.5, 0.6) is 5.75 Å². The highest BCUT2D eigenvalue weighted by Crippen LogP contribution is 2.37. The minimum atomic E-state index is 0.0274. The summed E-state index contributed by atoms with van der Waals surface area (Å²) >= 11 is 0. The molecule has 0 spiro atoms. The summed E-state index contributed by atoms with van der Waals surface area (Å²) in [7, 11) is 5.18. The van der Waals surface area contributed by atoms with E-state index in [1.54, 1.807) is 26.1 Å². The molecule has 3 amide bonds. The molecule has 0 aromatic heterocycles. The lowest BCUT2D eigenvalue weighted by molar-refractivity contribution is -0.145. The number of likely N-dealkylation sites (tertiary alicyclic amines) is 2. The summed E-state index contributed by atoms with van der Waals surface area (Å²) in [5, 5.41) is 0. The van der Waals surface area contributed by atoms with Crippen LogP contribution < -0.4 is 4.74 Å². The third kappa shape index (κ3) is 3.57. The van der Waals surface area contributed by atoms with Gasteiger partial charge in [-0.3, -0.25) is 4.79 Å². The van der Waals surface area contributed by atoms with E-state index >= 15 is 0 Å². The van der Waals surface area contributed by atoms with Gasteiger partial charge in [0.05, 0.1) is 13.2 Å². The van der Waals surface area contributed by atoms with Gasteiger partial charge < -0.3 is 19.4 Å². The SMILES string of the molecule is COc1cccc([C@@H]2CCN2C(=O)C2CCN(C(=O)N(C)C)CC2)c1. The van der Waals surface area contributed by atoms with Crippen LogP contribution in [0.2, 0.25) is 0 Å². The molecule has 136 valence electrons. The number of benzene rings is 1. The molecule has 2 heterocycles. The molecule has 6 nitrogen and oxygen atoms in total. The van der Waals surface area contributed by atoms with E-state index in [2.05, 4.69) is 6.07 Å². The zero-order chi connectivity index (χ0) is 18.0. The van der Waals surface area contributed by atoms with Gasteiger partial charge in [0.2, 0.25) is 5.91 Å². The van der Waals surface area contributed by atoms with Gasteiger partial charge in [0.25, 0.3) is 0 Å². The molecule has 0 radical (unpaired) electrons. The molecule has 0 unspecified atom stereocenters. The number of hydrogen-bond acceptors (Lipinski definition) is 3. The highest BCUT2D eigenvalue weighted by atomic mass is 16.5. The summed E-state index contributed by atoms with van der Waals surface area (Å²) in [5.41, 5.74) is 1.14. The fourth-order valence-corrected chi connectivity index (χ4v) is 3.68. The number of amides is 3. The van der Waals surface area contributed by atoms with Crippen LogP contribution in [0.15, 0.2) is 24.3 Å². The molecule has 2 aliphatic heterocycles. The Labute approximate surface area is 149 Å². The van der Waals surface area contributed by atoms with E-state index in [1.165, 1.54) is 0 Å². The highest BCUT2D eigenvalue weighted by Gasteiger charge is 2.38. The van der Waals surface area contributed by atoms with Crippen molar-refractivity contribution in [3.05, 3.63) is 29.8 Å². The zero-order valence-electron chi connectivity index (χ0n) is 15.3. The molecule has 1 atom stereocenters. The third-order valence-electron chi connectivity index (χ3n) is 5.28. The maximum absolute atomic E-state index is 12.9. The van der Waals surface area contributed by atoms with Crippen molar-refractivity contribution in [2.75, 3.05) is 40.8 Å². The Morgan fingerprint density at radius 3 is 2.40 bits per heavy atom.